The van der Waals surface area contributed by atoms with Crippen molar-refractivity contribution in [3.05, 3.63) is 35.9 Å². The topological polar surface area (TPSA) is 113 Å². The summed E-state index contributed by atoms with van der Waals surface area (Å²) in [5.41, 5.74) is 0.869. The van der Waals surface area contributed by atoms with Crippen LogP contribution >= 0.6 is 0 Å². The fraction of sp³-hybridized carbons (Fsp3) is 0.400. The van der Waals surface area contributed by atoms with Gasteiger partial charge in [-0.15, -0.1) is 0 Å². The van der Waals surface area contributed by atoms with Crippen LogP contribution in [0.1, 0.15) is 24.8 Å². The van der Waals surface area contributed by atoms with Gasteiger partial charge < -0.3 is 20.3 Å². The minimum atomic E-state index is -1.14. The molecule has 0 aliphatic rings. The van der Waals surface area contributed by atoms with E-state index in [1.807, 2.05) is 30.3 Å². The fourth-order valence-electron chi connectivity index (χ4n) is 1.74. The fourth-order valence-corrected chi connectivity index (χ4v) is 1.74. The summed E-state index contributed by atoms with van der Waals surface area (Å²) in [6.45, 7) is 0.283. The quantitative estimate of drug-likeness (QED) is 0.553. The lowest BCUT2D eigenvalue weighted by Gasteiger charge is -2.13. The number of hydrogen-bond donors (Lipinski definition) is 3. The molecule has 120 valence electrons. The highest BCUT2D eigenvalue weighted by molar-refractivity contribution is 5.75. The molecule has 1 rings (SSSR count). The average molecular weight is 309 g/mol. The first kappa shape index (κ1) is 17.6. The van der Waals surface area contributed by atoms with Crippen molar-refractivity contribution in [1.82, 2.24) is 5.32 Å². The summed E-state index contributed by atoms with van der Waals surface area (Å²) < 4.78 is 5.05. The Balaban J connectivity index is 2.24. The Hall–Kier alpha value is -2.41. The molecule has 1 atom stereocenters. The molecule has 3 N–H and O–H groups in total. The van der Waals surface area contributed by atoms with E-state index in [-0.39, 0.29) is 32.4 Å². The van der Waals surface area contributed by atoms with E-state index in [1.54, 1.807) is 0 Å². The van der Waals surface area contributed by atoms with Gasteiger partial charge in [0.15, 0.2) is 0 Å². The van der Waals surface area contributed by atoms with Crippen LogP contribution in [0.2, 0.25) is 0 Å². The maximum Gasteiger partial charge on any atom is 0.320 e. The third-order valence-electron chi connectivity index (χ3n) is 2.91. The minimum Gasteiger partial charge on any atom is -0.481 e. The van der Waals surface area contributed by atoms with Gasteiger partial charge in [0.2, 0.25) is 0 Å². The summed E-state index contributed by atoms with van der Waals surface area (Å²) in [6.07, 6.45) is -0.268. The third-order valence-corrected chi connectivity index (χ3v) is 2.91. The Morgan fingerprint density at radius 1 is 1.09 bits per heavy atom. The van der Waals surface area contributed by atoms with Crippen LogP contribution in [0.4, 0.5) is 0 Å². The second-order valence-electron chi connectivity index (χ2n) is 4.67. The minimum absolute atomic E-state index is 0.0175. The van der Waals surface area contributed by atoms with Crippen LogP contribution in [-0.4, -0.2) is 40.7 Å². The number of carbonyl (C=O) groups is 3. The van der Waals surface area contributed by atoms with Crippen LogP contribution in [-0.2, 0) is 25.7 Å². The van der Waals surface area contributed by atoms with Crippen LogP contribution in [0, 0.1) is 0 Å². The molecule has 0 amide bonds. The maximum atomic E-state index is 11.5. The predicted molar refractivity (Wildman–Crippen MR) is 77.2 cm³/mol. The van der Waals surface area contributed by atoms with Crippen molar-refractivity contribution in [2.45, 2.75) is 31.9 Å². The maximum absolute atomic E-state index is 11.5. The Labute approximate surface area is 127 Å². The number of nitrogens with one attached hydrogen (secondary N) is 1. The van der Waals surface area contributed by atoms with Gasteiger partial charge in [0.25, 0.3) is 0 Å². The van der Waals surface area contributed by atoms with Crippen molar-refractivity contribution in [1.29, 1.82) is 0 Å². The molecule has 1 aromatic carbocycles. The lowest BCUT2D eigenvalue weighted by molar-refractivity contribution is -0.146. The van der Waals surface area contributed by atoms with Gasteiger partial charge in [-0.2, -0.15) is 0 Å². The van der Waals surface area contributed by atoms with Gasteiger partial charge in [0.05, 0.1) is 6.42 Å². The zero-order valence-electron chi connectivity index (χ0n) is 12.0. The van der Waals surface area contributed by atoms with Crippen molar-refractivity contribution < 1.29 is 29.3 Å². The van der Waals surface area contributed by atoms with Crippen molar-refractivity contribution >= 4 is 17.9 Å². The summed E-state index contributed by atoms with van der Waals surface area (Å²) >= 11 is 0. The van der Waals surface area contributed by atoms with E-state index in [0.717, 1.165) is 5.56 Å². The standard InChI is InChI=1S/C15H19NO6/c17-13(18)7-6-12(15(20)21)16-9-8-14(19)22-10-11-4-2-1-3-5-11/h1-5,12,16H,6-10H2,(H,17,18)(H,20,21). The Bertz CT molecular complexity index is 502. The second kappa shape index (κ2) is 9.51. The highest BCUT2D eigenvalue weighted by Crippen LogP contribution is 2.02. The zero-order valence-corrected chi connectivity index (χ0v) is 12.0. The number of carbonyl (C=O) groups excluding carboxylic acids is 1. The molecular weight excluding hydrogens is 290 g/mol. The van der Waals surface area contributed by atoms with E-state index in [0.29, 0.717) is 0 Å². The number of ether oxygens (including phenoxy) is 1. The number of rotatable bonds is 10. The van der Waals surface area contributed by atoms with Gasteiger partial charge in [-0.05, 0) is 12.0 Å². The lowest BCUT2D eigenvalue weighted by Crippen LogP contribution is -2.38. The summed E-state index contributed by atoms with van der Waals surface area (Å²) in [7, 11) is 0. The molecule has 7 nitrogen and oxygen atoms in total. The second-order valence-corrected chi connectivity index (χ2v) is 4.67. The number of hydrogen-bond acceptors (Lipinski definition) is 5. The van der Waals surface area contributed by atoms with Crippen LogP contribution in [0.5, 0.6) is 0 Å². The van der Waals surface area contributed by atoms with E-state index in [2.05, 4.69) is 5.32 Å². The van der Waals surface area contributed by atoms with Gasteiger partial charge in [0.1, 0.15) is 12.6 Å². The van der Waals surface area contributed by atoms with Crippen molar-refractivity contribution in [3.63, 3.8) is 0 Å². The molecule has 0 aliphatic carbocycles. The molecule has 0 aliphatic heterocycles. The predicted octanol–water partition coefficient (Wildman–Crippen LogP) is 1.03. The normalized spacial score (nSPS) is 11.6. The molecule has 0 radical (unpaired) electrons. The molecule has 0 fully saturated rings. The van der Waals surface area contributed by atoms with Crippen molar-refractivity contribution in [2.75, 3.05) is 6.54 Å². The molecule has 0 bridgehead atoms. The third kappa shape index (κ3) is 7.39. The summed E-state index contributed by atoms with van der Waals surface area (Å²) in [5, 5.41) is 20.1. The van der Waals surface area contributed by atoms with Gasteiger partial charge in [-0.1, -0.05) is 30.3 Å². The Morgan fingerprint density at radius 3 is 2.36 bits per heavy atom. The highest BCUT2D eigenvalue weighted by Gasteiger charge is 2.18. The molecule has 22 heavy (non-hydrogen) atoms. The molecule has 0 aromatic heterocycles. The number of carboxylic acid groups (broad SMARTS) is 2. The Kier molecular flexibility index (Phi) is 7.63. The summed E-state index contributed by atoms with van der Waals surface area (Å²) in [5.74, 6) is -2.65. The zero-order chi connectivity index (χ0) is 16.4. The van der Waals surface area contributed by atoms with E-state index < -0.39 is 23.9 Å². The molecule has 7 heteroatoms. The smallest absolute Gasteiger partial charge is 0.320 e. The summed E-state index contributed by atoms with van der Waals surface area (Å²) in [4.78, 5) is 32.9. The molecule has 0 heterocycles. The lowest BCUT2D eigenvalue weighted by atomic mass is 10.1. The first-order chi connectivity index (χ1) is 10.5. The van der Waals surface area contributed by atoms with Crippen LogP contribution in [0.15, 0.2) is 30.3 Å². The number of carboxylic acids is 2. The van der Waals surface area contributed by atoms with Crippen LogP contribution < -0.4 is 5.32 Å². The molecule has 1 aromatic rings. The van der Waals surface area contributed by atoms with E-state index >= 15 is 0 Å². The molecule has 1 unspecified atom stereocenters. The monoisotopic (exact) mass is 309 g/mol. The van der Waals surface area contributed by atoms with Gasteiger partial charge >= 0.3 is 17.9 Å². The largest absolute Gasteiger partial charge is 0.481 e. The van der Waals surface area contributed by atoms with Crippen molar-refractivity contribution in [3.8, 4) is 0 Å². The molecular formula is C15H19NO6. The number of aliphatic carboxylic acids is 2. The van der Waals surface area contributed by atoms with Gasteiger partial charge in [0, 0.05) is 13.0 Å². The first-order valence-corrected chi connectivity index (χ1v) is 6.86. The van der Waals surface area contributed by atoms with Gasteiger partial charge in [-0.25, -0.2) is 0 Å². The van der Waals surface area contributed by atoms with E-state index in [1.165, 1.54) is 0 Å². The molecule has 0 saturated carbocycles. The molecule has 0 spiro atoms. The Morgan fingerprint density at radius 2 is 1.77 bits per heavy atom. The molecule has 0 saturated heterocycles. The van der Waals surface area contributed by atoms with Crippen LogP contribution in [0.25, 0.3) is 0 Å². The van der Waals surface area contributed by atoms with Gasteiger partial charge in [-0.3, -0.25) is 14.4 Å². The first-order valence-electron chi connectivity index (χ1n) is 6.86. The summed E-state index contributed by atoms with van der Waals surface area (Å²) in [6, 6.07) is 8.21. The SMILES string of the molecule is O=C(O)CCC(NCCC(=O)OCc1ccccc1)C(=O)O. The highest BCUT2D eigenvalue weighted by atomic mass is 16.5. The number of esters is 1. The van der Waals surface area contributed by atoms with E-state index in [4.69, 9.17) is 14.9 Å². The van der Waals surface area contributed by atoms with E-state index in [9.17, 15) is 14.4 Å². The average Bonchev–Trinajstić information content (AvgIpc) is 2.49. The van der Waals surface area contributed by atoms with Crippen LogP contribution in [0.3, 0.4) is 0 Å². The van der Waals surface area contributed by atoms with Crippen molar-refractivity contribution in [2.24, 2.45) is 0 Å². The number of benzene rings is 1.